The summed E-state index contributed by atoms with van der Waals surface area (Å²) in [5.41, 5.74) is 0.572. The summed E-state index contributed by atoms with van der Waals surface area (Å²) in [7, 11) is 0. The highest BCUT2D eigenvalue weighted by molar-refractivity contribution is 7.99. The Morgan fingerprint density at radius 2 is 2.12 bits per heavy atom. The second-order valence-electron chi connectivity index (χ2n) is 5.33. The molecule has 1 amide bonds. The smallest absolute Gasteiger partial charge is 0.237 e. The van der Waals surface area contributed by atoms with Gasteiger partial charge in [0.15, 0.2) is 5.16 Å². The minimum Gasteiger partial charge on any atom is -0.311 e. The number of aromatic nitrogens is 3. The minimum absolute atomic E-state index is 0.161. The maximum absolute atomic E-state index is 13.1. The van der Waals surface area contributed by atoms with Gasteiger partial charge in [-0.2, -0.15) is 5.26 Å². The van der Waals surface area contributed by atoms with Gasteiger partial charge in [0.05, 0.1) is 18.2 Å². The summed E-state index contributed by atoms with van der Waals surface area (Å²) in [5, 5.41) is 17.3. The van der Waals surface area contributed by atoms with Crippen molar-refractivity contribution in [3.05, 3.63) is 36.4 Å². The van der Waals surface area contributed by atoms with E-state index in [1.807, 2.05) is 24.5 Å². The zero-order valence-corrected chi connectivity index (χ0v) is 14.3. The molecule has 0 aliphatic carbocycles. The van der Waals surface area contributed by atoms with Crippen LogP contribution in [0.5, 0.6) is 0 Å². The molecule has 0 unspecified atom stereocenters. The Morgan fingerprint density at radius 1 is 1.42 bits per heavy atom. The van der Waals surface area contributed by atoms with Gasteiger partial charge < -0.3 is 9.47 Å². The number of amides is 1. The van der Waals surface area contributed by atoms with Crippen molar-refractivity contribution in [2.75, 3.05) is 17.2 Å². The molecule has 0 radical (unpaired) electrons. The fraction of sp³-hybridized carbons (Fsp3) is 0.375. The molecule has 0 saturated carbocycles. The Labute approximate surface area is 144 Å². The molecule has 2 aromatic rings. The van der Waals surface area contributed by atoms with Crippen LogP contribution in [0.25, 0.3) is 0 Å². The second kappa shape index (κ2) is 8.45. The number of nitrogens with zero attached hydrogens (tertiary/aromatic N) is 5. The molecule has 1 aromatic carbocycles. The van der Waals surface area contributed by atoms with E-state index in [2.05, 4.69) is 10.2 Å². The van der Waals surface area contributed by atoms with E-state index in [9.17, 15) is 9.18 Å². The van der Waals surface area contributed by atoms with Gasteiger partial charge in [0, 0.05) is 18.3 Å². The number of halogens is 1. The van der Waals surface area contributed by atoms with E-state index in [0.717, 1.165) is 0 Å². The van der Waals surface area contributed by atoms with Crippen LogP contribution in [0.1, 0.15) is 26.3 Å². The summed E-state index contributed by atoms with van der Waals surface area (Å²) in [6.45, 7) is 4.28. The lowest BCUT2D eigenvalue weighted by molar-refractivity contribution is -0.116. The molecule has 6 nitrogen and oxygen atoms in total. The molecule has 2 rings (SSSR count). The van der Waals surface area contributed by atoms with Gasteiger partial charge in [0.25, 0.3) is 0 Å². The molecule has 1 aromatic heterocycles. The SMILES string of the molecule is CC(C)n1cnnc1SCC(=O)N(CCC#N)c1ccc(F)cc1. The van der Waals surface area contributed by atoms with Crippen LogP contribution in [0.4, 0.5) is 10.1 Å². The van der Waals surface area contributed by atoms with Gasteiger partial charge in [0.2, 0.25) is 5.91 Å². The average Bonchev–Trinajstić information content (AvgIpc) is 3.03. The van der Waals surface area contributed by atoms with Gasteiger partial charge in [-0.25, -0.2) is 4.39 Å². The molecule has 0 N–H and O–H groups in total. The molecule has 8 heteroatoms. The highest BCUT2D eigenvalue weighted by Gasteiger charge is 2.18. The third-order valence-electron chi connectivity index (χ3n) is 3.31. The zero-order chi connectivity index (χ0) is 17.5. The number of hydrogen-bond acceptors (Lipinski definition) is 5. The molecular formula is C16H18FN5OS. The fourth-order valence-electron chi connectivity index (χ4n) is 2.07. The van der Waals surface area contributed by atoms with Gasteiger partial charge >= 0.3 is 0 Å². The van der Waals surface area contributed by atoms with Crippen LogP contribution in [-0.4, -0.2) is 33.0 Å². The number of benzene rings is 1. The highest BCUT2D eigenvalue weighted by atomic mass is 32.2. The molecule has 0 atom stereocenters. The molecule has 0 bridgehead atoms. The van der Waals surface area contributed by atoms with Crippen molar-refractivity contribution in [1.82, 2.24) is 14.8 Å². The van der Waals surface area contributed by atoms with E-state index in [1.54, 1.807) is 6.33 Å². The summed E-state index contributed by atoms with van der Waals surface area (Å²) < 4.78 is 15.0. The van der Waals surface area contributed by atoms with Gasteiger partial charge in [-0.05, 0) is 38.1 Å². The lowest BCUT2D eigenvalue weighted by atomic mass is 10.2. The molecule has 24 heavy (non-hydrogen) atoms. The van der Waals surface area contributed by atoms with Crippen LogP contribution in [0.2, 0.25) is 0 Å². The largest absolute Gasteiger partial charge is 0.311 e. The van der Waals surface area contributed by atoms with Crippen molar-refractivity contribution >= 4 is 23.4 Å². The summed E-state index contributed by atoms with van der Waals surface area (Å²) >= 11 is 1.29. The monoisotopic (exact) mass is 347 g/mol. The van der Waals surface area contributed by atoms with Crippen molar-refractivity contribution in [3.8, 4) is 6.07 Å². The number of thioether (sulfide) groups is 1. The van der Waals surface area contributed by atoms with Gasteiger partial charge in [-0.3, -0.25) is 4.79 Å². The first-order valence-electron chi connectivity index (χ1n) is 7.48. The summed E-state index contributed by atoms with van der Waals surface area (Å²) in [6, 6.07) is 7.88. The normalized spacial score (nSPS) is 10.6. The Morgan fingerprint density at radius 3 is 2.75 bits per heavy atom. The van der Waals surface area contributed by atoms with E-state index >= 15 is 0 Å². The Bertz CT molecular complexity index is 723. The van der Waals surface area contributed by atoms with Crippen LogP contribution in [0.15, 0.2) is 35.7 Å². The van der Waals surface area contributed by atoms with E-state index in [-0.39, 0.29) is 36.5 Å². The molecule has 0 fully saturated rings. The average molecular weight is 347 g/mol. The highest BCUT2D eigenvalue weighted by Crippen LogP contribution is 2.21. The fourth-order valence-corrected chi connectivity index (χ4v) is 2.99. The van der Waals surface area contributed by atoms with E-state index in [1.165, 1.54) is 40.9 Å². The first-order valence-corrected chi connectivity index (χ1v) is 8.46. The number of carbonyl (C=O) groups is 1. The number of hydrogen-bond donors (Lipinski definition) is 0. The molecule has 0 aliphatic rings. The minimum atomic E-state index is -0.370. The summed E-state index contributed by atoms with van der Waals surface area (Å²) in [5.74, 6) is -0.375. The van der Waals surface area contributed by atoms with E-state index < -0.39 is 0 Å². The maximum atomic E-state index is 13.1. The topological polar surface area (TPSA) is 74.8 Å². The van der Waals surface area contributed by atoms with E-state index in [4.69, 9.17) is 5.26 Å². The van der Waals surface area contributed by atoms with Crippen molar-refractivity contribution < 1.29 is 9.18 Å². The van der Waals surface area contributed by atoms with Crippen LogP contribution in [-0.2, 0) is 4.79 Å². The molecule has 0 aliphatic heterocycles. The molecular weight excluding hydrogens is 329 g/mol. The number of rotatable bonds is 7. The van der Waals surface area contributed by atoms with Crippen LogP contribution in [0, 0.1) is 17.1 Å². The van der Waals surface area contributed by atoms with Gasteiger partial charge in [0.1, 0.15) is 12.1 Å². The van der Waals surface area contributed by atoms with Crippen LogP contribution < -0.4 is 4.90 Å². The Balaban J connectivity index is 2.09. The Hall–Kier alpha value is -2.40. The van der Waals surface area contributed by atoms with Crippen molar-refractivity contribution in [3.63, 3.8) is 0 Å². The summed E-state index contributed by atoms with van der Waals surface area (Å²) in [6.07, 6.45) is 1.83. The molecule has 0 spiro atoms. The van der Waals surface area contributed by atoms with Gasteiger partial charge in [-0.1, -0.05) is 11.8 Å². The molecule has 126 valence electrons. The third kappa shape index (κ3) is 4.55. The van der Waals surface area contributed by atoms with Crippen molar-refractivity contribution in [2.24, 2.45) is 0 Å². The van der Waals surface area contributed by atoms with Crippen molar-refractivity contribution in [1.29, 1.82) is 5.26 Å². The van der Waals surface area contributed by atoms with Crippen molar-refractivity contribution in [2.45, 2.75) is 31.5 Å². The third-order valence-corrected chi connectivity index (χ3v) is 4.25. The molecule has 1 heterocycles. The summed E-state index contributed by atoms with van der Waals surface area (Å²) in [4.78, 5) is 14.0. The van der Waals surface area contributed by atoms with Gasteiger partial charge in [-0.15, -0.1) is 10.2 Å². The van der Waals surface area contributed by atoms with E-state index in [0.29, 0.717) is 10.8 Å². The quantitative estimate of drug-likeness (QED) is 0.720. The predicted octanol–water partition coefficient (Wildman–Crippen LogP) is 3.04. The van der Waals surface area contributed by atoms with Crippen LogP contribution in [0.3, 0.4) is 0 Å². The number of nitriles is 1. The lowest BCUT2D eigenvalue weighted by Gasteiger charge is -2.21. The predicted molar refractivity (Wildman–Crippen MR) is 90.1 cm³/mol. The lowest BCUT2D eigenvalue weighted by Crippen LogP contribution is -2.33. The first-order chi connectivity index (χ1) is 11.5. The number of carbonyl (C=O) groups excluding carboxylic acids is 1. The second-order valence-corrected chi connectivity index (χ2v) is 6.28. The van der Waals surface area contributed by atoms with Crippen LogP contribution >= 0.6 is 11.8 Å². The maximum Gasteiger partial charge on any atom is 0.237 e. The standard InChI is InChI=1S/C16H18FN5OS/c1-12(2)22-11-19-20-16(22)24-10-15(23)21(9-3-8-18)14-6-4-13(17)5-7-14/h4-7,11-12H,3,9-10H2,1-2H3. The molecule has 0 saturated heterocycles. The Kier molecular flexibility index (Phi) is 6.32. The first kappa shape index (κ1) is 17.9. The zero-order valence-electron chi connectivity index (χ0n) is 13.5. The number of anilines is 1.